The molecule has 0 spiro atoms. The molecule has 7 heteroatoms. The highest BCUT2D eigenvalue weighted by molar-refractivity contribution is 7.99. The van der Waals surface area contributed by atoms with Crippen LogP contribution in [0.1, 0.15) is 17.5 Å². The third kappa shape index (κ3) is 4.17. The number of hydrogen-bond donors (Lipinski definition) is 1. The van der Waals surface area contributed by atoms with Crippen LogP contribution >= 0.6 is 11.8 Å². The molecule has 2 aromatic carbocycles. The Balaban J connectivity index is 1.64. The van der Waals surface area contributed by atoms with Gasteiger partial charge in [-0.2, -0.15) is 10.4 Å². The number of rotatable bonds is 4. The quantitative estimate of drug-likeness (QED) is 0.855. The lowest BCUT2D eigenvalue weighted by atomic mass is 10.1. The average molecular weight is 355 g/mol. The summed E-state index contributed by atoms with van der Waals surface area (Å²) in [7, 11) is 0. The Morgan fingerprint density at radius 2 is 2.20 bits per heavy atom. The van der Waals surface area contributed by atoms with Crippen LogP contribution in [0.3, 0.4) is 0 Å². The number of benzene rings is 2. The molecule has 0 radical (unpaired) electrons. The van der Waals surface area contributed by atoms with Gasteiger partial charge in [-0.3, -0.25) is 4.79 Å². The first-order valence-electron chi connectivity index (χ1n) is 7.57. The molecule has 0 unspecified atom stereocenters. The van der Waals surface area contributed by atoms with E-state index in [0.717, 1.165) is 10.6 Å². The predicted molar refractivity (Wildman–Crippen MR) is 93.1 cm³/mol. The first-order valence-corrected chi connectivity index (χ1v) is 8.56. The maximum absolute atomic E-state index is 13.4. The summed E-state index contributed by atoms with van der Waals surface area (Å²) in [6.07, 6.45) is 0.638. The Labute approximate surface area is 148 Å². The van der Waals surface area contributed by atoms with Gasteiger partial charge in [-0.15, -0.1) is 11.8 Å². The molecule has 25 heavy (non-hydrogen) atoms. The minimum absolute atomic E-state index is 0.264. The standard InChI is InChI=1S/C18H14FN3O2S/c19-13-5-6-17-14(9-13)15(7-8-25-17)21-22-18(23)11-24-16-4-2-1-3-12(16)10-20/h1-6,9H,7-8,11H2,(H,22,23)/b21-15-. The number of ether oxygens (including phenoxy) is 1. The van der Waals surface area contributed by atoms with Crippen molar-refractivity contribution in [1.82, 2.24) is 5.43 Å². The zero-order valence-electron chi connectivity index (χ0n) is 13.2. The molecule has 1 N–H and O–H groups in total. The summed E-state index contributed by atoms with van der Waals surface area (Å²) >= 11 is 1.63. The molecule has 3 rings (SSSR count). The molecule has 0 atom stereocenters. The van der Waals surface area contributed by atoms with E-state index >= 15 is 0 Å². The summed E-state index contributed by atoms with van der Waals surface area (Å²) in [6, 6.07) is 13.2. The molecule has 1 aliphatic rings. The Bertz CT molecular complexity index is 877. The molecule has 0 bridgehead atoms. The SMILES string of the molecule is N#Cc1ccccc1OCC(=O)N/N=C1/CCSc2ccc(F)cc21. The summed E-state index contributed by atoms with van der Waals surface area (Å²) in [6.45, 7) is -0.264. The van der Waals surface area contributed by atoms with Crippen molar-refractivity contribution in [1.29, 1.82) is 5.26 Å². The van der Waals surface area contributed by atoms with Gasteiger partial charge in [0.1, 0.15) is 17.6 Å². The second kappa shape index (κ2) is 7.81. The first kappa shape index (κ1) is 17.0. The number of fused-ring (bicyclic) bond motifs is 1. The molecule has 0 aromatic heterocycles. The molecular weight excluding hydrogens is 341 g/mol. The molecule has 0 saturated carbocycles. The molecular formula is C18H14FN3O2S. The van der Waals surface area contributed by atoms with Crippen LogP contribution < -0.4 is 10.2 Å². The van der Waals surface area contributed by atoms with Crippen molar-refractivity contribution in [3.63, 3.8) is 0 Å². The zero-order chi connectivity index (χ0) is 17.6. The van der Waals surface area contributed by atoms with Crippen LogP contribution in [0.2, 0.25) is 0 Å². The summed E-state index contributed by atoms with van der Waals surface area (Å²) in [5.41, 5.74) is 4.13. The third-order valence-corrected chi connectivity index (χ3v) is 4.61. The number of nitrogens with one attached hydrogen (secondary N) is 1. The highest BCUT2D eigenvalue weighted by atomic mass is 32.2. The van der Waals surface area contributed by atoms with E-state index in [4.69, 9.17) is 10.00 Å². The van der Waals surface area contributed by atoms with E-state index in [9.17, 15) is 9.18 Å². The van der Waals surface area contributed by atoms with E-state index in [0.29, 0.717) is 29.0 Å². The fourth-order valence-corrected chi connectivity index (χ4v) is 3.36. The highest BCUT2D eigenvalue weighted by Gasteiger charge is 2.17. The van der Waals surface area contributed by atoms with Crippen LogP contribution in [0, 0.1) is 17.1 Å². The van der Waals surface area contributed by atoms with Crippen LogP contribution in [0.4, 0.5) is 4.39 Å². The normalized spacial score (nSPS) is 14.5. The number of hydrogen-bond acceptors (Lipinski definition) is 5. The molecule has 1 amide bonds. The summed E-state index contributed by atoms with van der Waals surface area (Å²) in [4.78, 5) is 12.9. The van der Waals surface area contributed by atoms with Gasteiger partial charge in [0, 0.05) is 22.6 Å². The molecule has 0 aliphatic carbocycles. The molecule has 1 aliphatic heterocycles. The van der Waals surface area contributed by atoms with Crippen LogP contribution in [0.5, 0.6) is 5.75 Å². The number of carbonyl (C=O) groups is 1. The first-order chi connectivity index (χ1) is 12.2. The third-order valence-electron chi connectivity index (χ3n) is 3.53. The molecule has 0 fully saturated rings. The van der Waals surface area contributed by atoms with E-state index in [1.165, 1.54) is 12.1 Å². The monoisotopic (exact) mass is 355 g/mol. The Kier molecular flexibility index (Phi) is 5.31. The summed E-state index contributed by atoms with van der Waals surface area (Å²) < 4.78 is 18.8. The van der Waals surface area contributed by atoms with Crippen molar-refractivity contribution < 1.29 is 13.9 Å². The van der Waals surface area contributed by atoms with Gasteiger partial charge in [0.05, 0.1) is 11.3 Å². The van der Waals surface area contributed by atoms with E-state index in [-0.39, 0.29) is 12.4 Å². The van der Waals surface area contributed by atoms with Gasteiger partial charge in [-0.25, -0.2) is 9.82 Å². The number of hydrazone groups is 1. The van der Waals surface area contributed by atoms with Crippen molar-refractivity contribution in [3.05, 3.63) is 59.4 Å². The summed E-state index contributed by atoms with van der Waals surface area (Å²) in [5, 5.41) is 13.1. The van der Waals surface area contributed by atoms with Gasteiger partial charge in [-0.1, -0.05) is 12.1 Å². The fourth-order valence-electron chi connectivity index (χ4n) is 2.35. The van der Waals surface area contributed by atoms with Crippen LogP contribution in [-0.2, 0) is 4.79 Å². The molecule has 1 heterocycles. The fraction of sp³-hybridized carbons (Fsp3) is 0.167. The molecule has 126 valence electrons. The predicted octanol–water partition coefficient (Wildman–Crippen LogP) is 3.09. The number of halogens is 1. The van der Waals surface area contributed by atoms with Gasteiger partial charge in [-0.05, 0) is 30.3 Å². The number of carbonyl (C=O) groups excluding carboxylic acids is 1. The van der Waals surface area contributed by atoms with E-state index in [1.54, 1.807) is 42.1 Å². The van der Waals surface area contributed by atoms with Crippen molar-refractivity contribution in [3.8, 4) is 11.8 Å². The van der Waals surface area contributed by atoms with Crippen molar-refractivity contribution in [2.75, 3.05) is 12.4 Å². The molecule has 2 aromatic rings. The summed E-state index contributed by atoms with van der Waals surface area (Å²) in [5.74, 6) is 0.377. The van der Waals surface area contributed by atoms with Gasteiger partial charge < -0.3 is 4.74 Å². The van der Waals surface area contributed by atoms with Gasteiger partial charge in [0.2, 0.25) is 0 Å². The lowest BCUT2D eigenvalue weighted by Gasteiger charge is -2.17. The van der Waals surface area contributed by atoms with E-state index in [2.05, 4.69) is 10.5 Å². The lowest BCUT2D eigenvalue weighted by molar-refractivity contribution is -0.123. The zero-order valence-corrected chi connectivity index (χ0v) is 14.0. The van der Waals surface area contributed by atoms with Gasteiger partial charge >= 0.3 is 0 Å². The number of thioether (sulfide) groups is 1. The number of nitriles is 1. The largest absolute Gasteiger partial charge is 0.482 e. The highest BCUT2D eigenvalue weighted by Crippen LogP contribution is 2.30. The van der Waals surface area contributed by atoms with Gasteiger partial charge in [0.25, 0.3) is 5.91 Å². The number of nitrogens with zero attached hydrogens (tertiary/aromatic N) is 2. The number of para-hydroxylation sites is 1. The van der Waals surface area contributed by atoms with Crippen LogP contribution in [-0.4, -0.2) is 24.0 Å². The minimum Gasteiger partial charge on any atom is -0.482 e. The minimum atomic E-state index is -0.448. The maximum atomic E-state index is 13.4. The lowest BCUT2D eigenvalue weighted by Crippen LogP contribution is -2.27. The van der Waals surface area contributed by atoms with E-state index < -0.39 is 5.91 Å². The van der Waals surface area contributed by atoms with E-state index in [1.807, 2.05) is 6.07 Å². The van der Waals surface area contributed by atoms with Crippen LogP contribution in [0.15, 0.2) is 52.5 Å². The van der Waals surface area contributed by atoms with Crippen molar-refractivity contribution in [2.24, 2.45) is 5.10 Å². The topological polar surface area (TPSA) is 74.5 Å². The second-order valence-electron chi connectivity index (χ2n) is 5.23. The average Bonchev–Trinajstić information content (AvgIpc) is 2.64. The van der Waals surface area contributed by atoms with Crippen molar-refractivity contribution in [2.45, 2.75) is 11.3 Å². The second-order valence-corrected chi connectivity index (χ2v) is 6.37. The van der Waals surface area contributed by atoms with Gasteiger partial charge in [0.15, 0.2) is 6.61 Å². The Morgan fingerprint density at radius 1 is 1.36 bits per heavy atom. The Hall–Kier alpha value is -2.85. The number of amides is 1. The molecule has 0 saturated heterocycles. The smallest absolute Gasteiger partial charge is 0.277 e. The van der Waals surface area contributed by atoms with Crippen LogP contribution in [0.25, 0.3) is 0 Å². The Morgan fingerprint density at radius 3 is 3.04 bits per heavy atom. The molecule has 5 nitrogen and oxygen atoms in total. The maximum Gasteiger partial charge on any atom is 0.277 e. The van der Waals surface area contributed by atoms with Crippen molar-refractivity contribution >= 4 is 23.4 Å².